The zero-order chi connectivity index (χ0) is 32.4. The molecule has 12 heteroatoms. The molecule has 240 valence electrons. The van der Waals surface area contributed by atoms with Crippen molar-refractivity contribution in [3.05, 3.63) is 40.5 Å². The number of nitrogens with zero attached hydrogens (tertiary/aromatic N) is 5. The van der Waals surface area contributed by atoms with Crippen LogP contribution in [0.4, 0.5) is 5.69 Å². The summed E-state index contributed by atoms with van der Waals surface area (Å²) in [5, 5.41) is 26.1. The normalized spacial score (nSPS) is 15.5. The largest absolute Gasteiger partial charge is 0.494 e. The molecule has 0 spiro atoms. The number of morpholine rings is 1. The van der Waals surface area contributed by atoms with E-state index >= 15 is 0 Å². The van der Waals surface area contributed by atoms with E-state index in [1.165, 1.54) is 9.20 Å². The van der Waals surface area contributed by atoms with Gasteiger partial charge in [0.15, 0.2) is 11.4 Å². The van der Waals surface area contributed by atoms with E-state index < -0.39 is 11.4 Å². The van der Waals surface area contributed by atoms with Crippen molar-refractivity contribution in [2.75, 3.05) is 44.9 Å². The number of benzene rings is 1. The molecule has 0 bridgehead atoms. The Balaban J connectivity index is 0.000000566. The van der Waals surface area contributed by atoms with Crippen LogP contribution in [0, 0.1) is 10.8 Å². The lowest BCUT2D eigenvalue weighted by Crippen LogP contribution is -2.37. The Labute approximate surface area is 258 Å². The summed E-state index contributed by atoms with van der Waals surface area (Å²) in [5.74, 6) is 0.772. The van der Waals surface area contributed by atoms with E-state index in [0.29, 0.717) is 42.8 Å². The predicted octanol–water partition coefficient (Wildman–Crippen LogP) is 4.43. The van der Waals surface area contributed by atoms with Crippen LogP contribution >= 0.6 is 0 Å². The van der Waals surface area contributed by atoms with Gasteiger partial charge >= 0.3 is 5.97 Å². The van der Waals surface area contributed by atoms with Gasteiger partial charge in [-0.3, -0.25) is 15.0 Å². The maximum Gasteiger partial charge on any atom is 0.308 e. The third-order valence-electron chi connectivity index (χ3n) is 7.60. The molecule has 1 aliphatic carbocycles. The number of Topliss-reactive ketones (excluding diaryl/α,β-unsaturated/α-hetero) is 1. The van der Waals surface area contributed by atoms with Crippen molar-refractivity contribution in [3.8, 4) is 11.6 Å². The Morgan fingerprint density at radius 3 is 2.23 bits per heavy atom. The van der Waals surface area contributed by atoms with Crippen LogP contribution in [0.25, 0.3) is 5.65 Å². The molecule has 1 saturated carbocycles. The number of carboxylic acid groups (broad SMARTS) is 1. The van der Waals surface area contributed by atoms with E-state index in [1.54, 1.807) is 27.9 Å². The first-order chi connectivity index (χ1) is 20.6. The first-order valence-corrected chi connectivity index (χ1v) is 15.2. The first-order valence-electron chi connectivity index (χ1n) is 15.2. The molecule has 12 nitrogen and oxygen atoms in total. The summed E-state index contributed by atoms with van der Waals surface area (Å²) < 4.78 is 20.0. The summed E-state index contributed by atoms with van der Waals surface area (Å²) >= 11 is 0. The van der Waals surface area contributed by atoms with Gasteiger partial charge in [-0.1, -0.05) is 20.8 Å². The highest BCUT2D eigenvalue weighted by Crippen LogP contribution is 2.42. The number of anilines is 1. The van der Waals surface area contributed by atoms with Crippen molar-refractivity contribution in [1.29, 1.82) is 5.41 Å². The minimum absolute atomic E-state index is 0.0461. The van der Waals surface area contributed by atoms with Crippen LogP contribution in [-0.2, 0) is 21.5 Å². The maximum absolute atomic E-state index is 13.7. The molecule has 0 radical (unpaired) electrons. The van der Waals surface area contributed by atoms with E-state index in [4.69, 9.17) is 24.7 Å². The summed E-state index contributed by atoms with van der Waals surface area (Å²) in [7, 11) is 1.68. The minimum atomic E-state index is -0.757. The fourth-order valence-corrected chi connectivity index (χ4v) is 4.85. The van der Waals surface area contributed by atoms with Crippen LogP contribution in [-0.4, -0.2) is 76.3 Å². The number of aliphatic carboxylic acids is 1. The smallest absolute Gasteiger partial charge is 0.308 e. The van der Waals surface area contributed by atoms with Gasteiger partial charge in [-0.25, -0.2) is 4.68 Å². The number of rotatable bonds is 8. The van der Waals surface area contributed by atoms with Gasteiger partial charge in [-0.05, 0) is 64.0 Å². The quantitative estimate of drug-likeness (QED) is 0.354. The van der Waals surface area contributed by atoms with Gasteiger partial charge in [-0.15, -0.1) is 10.2 Å². The van der Waals surface area contributed by atoms with Crippen molar-refractivity contribution in [2.45, 2.75) is 79.2 Å². The third kappa shape index (κ3) is 7.40. The number of fused-ring (bicyclic) bond motifs is 1. The fraction of sp³-hybridized carbons (Fsp3) is 0.594. The Morgan fingerprint density at radius 1 is 1.07 bits per heavy atom. The van der Waals surface area contributed by atoms with Gasteiger partial charge in [0.2, 0.25) is 11.5 Å². The molecule has 2 aromatic heterocycles. The molecule has 2 fully saturated rings. The number of hydrogen-bond acceptors (Lipinski definition) is 9. The standard InChI is InChI=1S/C27H36N6O4.C5H10O2/c1-6-37-23-15-19(17-7-8-17)25-30-32(26(28)33(25)29-23)16-22(34)18-13-20(27(2,3)4)24(35-5)21(14-18)31-9-11-36-12-10-31;1-5(2,3)4(6)7/h13-15,17,28H,6-12,16H2,1-5H3;1-3H3,(H,6,7). The number of hydrogen-bond donors (Lipinski definition) is 2. The topological polar surface area (TPSA) is 144 Å². The van der Waals surface area contributed by atoms with E-state index in [1.807, 2.05) is 25.1 Å². The molecule has 2 N–H and O–H groups in total. The van der Waals surface area contributed by atoms with Gasteiger partial charge in [0.25, 0.3) is 0 Å². The molecule has 0 atom stereocenters. The van der Waals surface area contributed by atoms with Gasteiger partial charge in [0, 0.05) is 35.8 Å². The Kier molecular flexibility index (Phi) is 9.72. The molecule has 0 unspecified atom stereocenters. The van der Waals surface area contributed by atoms with E-state index in [0.717, 1.165) is 48.5 Å². The minimum Gasteiger partial charge on any atom is -0.494 e. The molecule has 5 rings (SSSR count). The van der Waals surface area contributed by atoms with Gasteiger partial charge in [-0.2, -0.15) is 4.52 Å². The summed E-state index contributed by atoms with van der Waals surface area (Å²) in [6.45, 7) is 16.4. The van der Waals surface area contributed by atoms with Crippen LogP contribution in [0.5, 0.6) is 11.6 Å². The number of ketones is 1. The number of carbonyl (C=O) groups is 2. The molecular formula is C32H46N6O6. The van der Waals surface area contributed by atoms with E-state index in [-0.39, 0.29) is 23.4 Å². The van der Waals surface area contributed by atoms with Gasteiger partial charge in [0.1, 0.15) is 12.3 Å². The summed E-state index contributed by atoms with van der Waals surface area (Å²) in [4.78, 5) is 25.9. The molecule has 0 amide bonds. The molecule has 1 aliphatic heterocycles. The van der Waals surface area contributed by atoms with Gasteiger partial charge in [0.05, 0.1) is 38.0 Å². The molecule has 1 aromatic carbocycles. The van der Waals surface area contributed by atoms with E-state index in [2.05, 4.69) is 35.9 Å². The summed E-state index contributed by atoms with van der Waals surface area (Å²) in [6, 6.07) is 5.75. The van der Waals surface area contributed by atoms with Crippen molar-refractivity contribution >= 4 is 23.1 Å². The highest BCUT2D eigenvalue weighted by atomic mass is 16.5. The fourth-order valence-electron chi connectivity index (χ4n) is 4.85. The van der Waals surface area contributed by atoms with Crippen LogP contribution in [0.3, 0.4) is 0 Å². The number of ether oxygens (including phenoxy) is 3. The summed E-state index contributed by atoms with van der Waals surface area (Å²) in [5.41, 5.74) is 3.29. The molecule has 44 heavy (non-hydrogen) atoms. The highest BCUT2D eigenvalue weighted by molar-refractivity contribution is 5.98. The predicted molar refractivity (Wildman–Crippen MR) is 166 cm³/mol. The number of carboxylic acids is 1. The van der Waals surface area contributed by atoms with Crippen molar-refractivity contribution < 1.29 is 28.9 Å². The Morgan fingerprint density at radius 2 is 1.70 bits per heavy atom. The Bertz CT molecular complexity index is 1570. The first kappa shape index (κ1) is 33.0. The van der Waals surface area contributed by atoms with Crippen LogP contribution in [0.15, 0.2) is 18.2 Å². The lowest BCUT2D eigenvalue weighted by molar-refractivity contribution is -0.145. The summed E-state index contributed by atoms with van der Waals surface area (Å²) in [6.07, 6.45) is 2.16. The monoisotopic (exact) mass is 610 g/mol. The van der Waals surface area contributed by atoms with E-state index in [9.17, 15) is 9.59 Å². The number of carbonyl (C=O) groups excluding carboxylic acids is 1. The molecular weight excluding hydrogens is 564 g/mol. The molecule has 3 heterocycles. The molecule has 2 aliphatic rings. The lowest BCUT2D eigenvalue weighted by atomic mass is 9.84. The second-order valence-corrected chi connectivity index (χ2v) is 13.3. The van der Waals surface area contributed by atoms with Crippen LogP contribution in [0.2, 0.25) is 0 Å². The molecule has 3 aromatic rings. The number of aromatic nitrogens is 4. The average molecular weight is 611 g/mol. The third-order valence-corrected chi connectivity index (χ3v) is 7.60. The number of methoxy groups -OCH3 is 1. The number of nitrogens with one attached hydrogen (secondary N) is 1. The second kappa shape index (κ2) is 13.0. The zero-order valence-electron chi connectivity index (χ0n) is 27.2. The van der Waals surface area contributed by atoms with Crippen molar-refractivity contribution in [1.82, 2.24) is 19.4 Å². The van der Waals surface area contributed by atoms with Crippen LogP contribution < -0.4 is 20.0 Å². The molecule has 1 saturated heterocycles. The van der Waals surface area contributed by atoms with Crippen LogP contribution in [0.1, 0.15) is 88.7 Å². The second-order valence-electron chi connectivity index (χ2n) is 13.3. The van der Waals surface area contributed by atoms with Crippen molar-refractivity contribution in [3.63, 3.8) is 0 Å². The highest BCUT2D eigenvalue weighted by Gasteiger charge is 2.30. The van der Waals surface area contributed by atoms with Gasteiger partial charge < -0.3 is 24.2 Å². The lowest BCUT2D eigenvalue weighted by Gasteiger charge is -2.33. The maximum atomic E-state index is 13.7. The zero-order valence-corrected chi connectivity index (χ0v) is 27.2. The van der Waals surface area contributed by atoms with Crippen molar-refractivity contribution in [2.24, 2.45) is 5.41 Å². The Hall–Kier alpha value is -3.93. The average Bonchev–Trinajstić information content (AvgIpc) is 3.77. The SMILES string of the molecule is CC(C)(C)C(=O)O.CCOc1cc(C2CC2)c2nn(CC(=O)c3cc(N4CCOCC4)c(OC)c(C(C)(C)C)c3)c(=N)n2n1.